The fraction of sp³-hybridized carbons (Fsp3) is 1.00. The van der Waals surface area contributed by atoms with E-state index in [2.05, 4.69) is 6.92 Å². The van der Waals surface area contributed by atoms with Gasteiger partial charge >= 0.3 is 0 Å². The van der Waals surface area contributed by atoms with Crippen LogP contribution in [0.4, 0.5) is 0 Å². The zero-order chi connectivity index (χ0) is 12.2. The quantitative estimate of drug-likeness (QED) is 0.539. The molecule has 0 aromatic heterocycles. The van der Waals surface area contributed by atoms with Gasteiger partial charge in [-0.15, -0.1) is 0 Å². The average molecular weight is 243 g/mol. The van der Waals surface area contributed by atoms with Crippen LogP contribution in [0.5, 0.6) is 0 Å². The highest BCUT2D eigenvalue weighted by molar-refractivity contribution is 4.47. The lowest BCUT2D eigenvalue weighted by atomic mass is 10.1. The zero-order valence-corrected chi connectivity index (χ0v) is 11.5. The largest absolute Gasteiger partial charge is 0.274 e. The van der Waals surface area contributed by atoms with E-state index < -0.39 is 0 Å². The van der Waals surface area contributed by atoms with Gasteiger partial charge in [-0.1, -0.05) is 57.1 Å². The summed E-state index contributed by atoms with van der Waals surface area (Å²) in [6.07, 6.45) is 13.1. The van der Waals surface area contributed by atoms with E-state index in [9.17, 15) is 0 Å². The lowest BCUT2D eigenvalue weighted by Crippen LogP contribution is -2.30. The van der Waals surface area contributed by atoms with Crippen LogP contribution in [0.15, 0.2) is 0 Å². The SMILES string of the molecule is CCCCCCCCCCON1CCCCO1. The van der Waals surface area contributed by atoms with Gasteiger partial charge < -0.3 is 0 Å². The standard InChI is InChI=1S/C14H29NO2/c1-2-3-4-5-6-7-8-10-13-16-15-12-9-11-14-17-15/h2-14H2,1H3. The van der Waals surface area contributed by atoms with E-state index in [1.165, 1.54) is 51.4 Å². The van der Waals surface area contributed by atoms with Gasteiger partial charge in [-0.3, -0.25) is 9.68 Å². The Hall–Kier alpha value is -0.120. The molecule has 102 valence electrons. The molecule has 0 bridgehead atoms. The highest BCUT2D eigenvalue weighted by Gasteiger charge is 2.10. The minimum Gasteiger partial charge on any atom is -0.274 e. The maximum absolute atomic E-state index is 5.54. The van der Waals surface area contributed by atoms with Crippen LogP contribution in [0.1, 0.15) is 71.1 Å². The van der Waals surface area contributed by atoms with Crippen LogP contribution in [0, 0.1) is 0 Å². The van der Waals surface area contributed by atoms with Crippen LogP contribution >= 0.6 is 0 Å². The Morgan fingerprint density at radius 1 is 0.941 bits per heavy atom. The third-order valence-corrected chi connectivity index (χ3v) is 3.20. The Morgan fingerprint density at radius 3 is 2.29 bits per heavy atom. The Morgan fingerprint density at radius 2 is 1.65 bits per heavy atom. The molecule has 1 heterocycles. The number of hydrogen-bond acceptors (Lipinski definition) is 3. The van der Waals surface area contributed by atoms with Crippen molar-refractivity contribution < 1.29 is 9.68 Å². The molecule has 3 nitrogen and oxygen atoms in total. The number of hydroxylamine groups is 2. The van der Waals surface area contributed by atoms with E-state index in [1.54, 1.807) is 5.23 Å². The van der Waals surface area contributed by atoms with E-state index >= 15 is 0 Å². The molecule has 0 radical (unpaired) electrons. The van der Waals surface area contributed by atoms with Crippen molar-refractivity contribution in [3.8, 4) is 0 Å². The lowest BCUT2D eigenvalue weighted by molar-refractivity contribution is -0.379. The molecule has 17 heavy (non-hydrogen) atoms. The first-order valence-corrected chi connectivity index (χ1v) is 7.47. The Bertz CT molecular complexity index is 158. The van der Waals surface area contributed by atoms with Crippen LogP contribution in [-0.4, -0.2) is 25.0 Å². The molecule has 0 unspecified atom stereocenters. The second-order valence-electron chi connectivity index (χ2n) is 4.90. The van der Waals surface area contributed by atoms with Crippen molar-refractivity contribution in [2.75, 3.05) is 19.8 Å². The Balaban J connectivity index is 1.75. The molecule has 0 N–H and O–H groups in total. The molecule has 1 saturated heterocycles. The van der Waals surface area contributed by atoms with E-state index in [1.807, 2.05) is 0 Å². The molecule has 0 aromatic rings. The molecule has 0 aliphatic carbocycles. The van der Waals surface area contributed by atoms with Gasteiger partial charge in [0.25, 0.3) is 0 Å². The number of rotatable bonds is 10. The summed E-state index contributed by atoms with van der Waals surface area (Å²) in [4.78, 5) is 10.9. The third kappa shape index (κ3) is 8.58. The van der Waals surface area contributed by atoms with Crippen molar-refractivity contribution >= 4 is 0 Å². The number of hydrogen-bond donors (Lipinski definition) is 0. The summed E-state index contributed by atoms with van der Waals surface area (Å²) in [7, 11) is 0. The molecular weight excluding hydrogens is 214 g/mol. The summed E-state index contributed by atoms with van der Waals surface area (Å²) in [6.45, 7) is 4.82. The van der Waals surface area contributed by atoms with Crippen LogP contribution in [0.2, 0.25) is 0 Å². The van der Waals surface area contributed by atoms with Gasteiger partial charge in [0, 0.05) is 0 Å². The van der Waals surface area contributed by atoms with Crippen LogP contribution < -0.4 is 0 Å². The fourth-order valence-electron chi connectivity index (χ4n) is 2.08. The monoisotopic (exact) mass is 243 g/mol. The molecule has 1 rings (SSSR count). The molecule has 1 aliphatic heterocycles. The summed E-state index contributed by atoms with van der Waals surface area (Å²) in [5, 5.41) is 1.67. The smallest absolute Gasteiger partial charge is 0.0712 e. The first-order valence-electron chi connectivity index (χ1n) is 7.47. The first kappa shape index (κ1) is 14.9. The van der Waals surface area contributed by atoms with Crippen LogP contribution in [0.3, 0.4) is 0 Å². The second-order valence-corrected chi connectivity index (χ2v) is 4.90. The van der Waals surface area contributed by atoms with Gasteiger partial charge in [-0.05, 0) is 19.3 Å². The highest BCUT2D eigenvalue weighted by atomic mass is 16.9. The third-order valence-electron chi connectivity index (χ3n) is 3.20. The first-order chi connectivity index (χ1) is 8.43. The van der Waals surface area contributed by atoms with Gasteiger partial charge in [0.05, 0.1) is 19.8 Å². The lowest BCUT2D eigenvalue weighted by Gasteiger charge is -2.24. The molecule has 0 saturated carbocycles. The summed E-state index contributed by atoms with van der Waals surface area (Å²) < 4.78 is 0. The van der Waals surface area contributed by atoms with E-state index in [0.717, 1.165) is 32.6 Å². The van der Waals surface area contributed by atoms with Gasteiger partial charge in [0.15, 0.2) is 0 Å². The van der Waals surface area contributed by atoms with Crippen LogP contribution in [-0.2, 0) is 9.68 Å². The molecule has 0 aromatic carbocycles. The van der Waals surface area contributed by atoms with E-state index in [-0.39, 0.29) is 0 Å². The molecule has 0 amide bonds. The van der Waals surface area contributed by atoms with Crippen molar-refractivity contribution in [3.05, 3.63) is 0 Å². The number of nitrogens with zero attached hydrogens (tertiary/aromatic N) is 1. The summed E-state index contributed by atoms with van der Waals surface area (Å²) >= 11 is 0. The minimum absolute atomic E-state index is 0.814. The average Bonchev–Trinajstić information content (AvgIpc) is 2.38. The van der Waals surface area contributed by atoms with Gasteiger partial charge in [0.2, 0.25) is 0 Å². The van der Waals surface area contributed by atoms with E-state index in [4.69, 9.17) is 9.68 Å². The predicted molar refractivity (Wildman–Crippen MR) is 70.5 cm³/mol. The summed E-state index contributed by atoms with van der Waals surface area (Å²) in [5.41, 5.74) is 0. The topological polar surface area (TPSA) is 21.7 Å². The van der Waals surface area contributed by atoms with Crippen molar-refractivity contribution in [1.29, 1.82) is 0 Å². The summed E-state index contributed by atoms with van der Waals surface area (Å²) in [6, 6.07) is 0. The van der Waals surface area contributed by atoms with Gasteiger partial charge in [0.1, 0.15) is 0 Å². The molecule has 1 fully saturated rings. The number of unbranched alkanes of at least 4 members (excludes halogenated alkanes) is 7. The maximum Gasteiger partial charge on any atom is 0.0712 e. The normalized spacial score (nSPS) is 17.5. The predicted octanol–water partition coefficient (Wildman–Crippen LogP) is 4.09. The Kier molecular flexibility index (Phi) is 9.66. The molecule has 0 spiro atoms. The molecule has 3 heteroatoms. The molecule has 1 aliphatic rings. The van der Waals surface area contributed by atoms with Gasteiger partial charge in [-0.25, -0.2) is 0 Å². The molecule has 0 atom stereocenters. The van der Waals surface area contributed by atoms with Crippen LogP contribution in [0.25, 0.3) is 0 Å². The fourth-order valence-corrected chi connectivity index (χ4v) is 2.08. The molecular formula is C14H29NO2. The van der Waals surface area contributed by atoms with Gasteiger partial charge in [-0.2, -0.15) is 0 Å². The van der Waals surface area contributed by atoms with Crippen molar-refractivity contribution in [3.63, 3.8) is 0 Å². The minimum atomic E-state index is 0.814. The summed E-state index contributed by atoms with van der Waals surface area (Å²) in [5.74, 6) is 0. The Labute approximate surface area is 106 Å². The highest BCUT2D eigenvalue weighted by Crippen LogP contribution is 2.10. The van der Waals surface area contributed by atoms with Crippen molar-refractivity contribution in [2.24, 2.45) is 0 Å². The van der Waals surface area contributed by atoms with Crippen molar-refractivity contribution in [2.45, 2.75) is 71.1 Å². The van der Waals surface area contributed by atoms with Crippen molar-refractivity contribution in [1.82, 2.24) is 5.23 Å². The second kappa shape index (κ2) is 11.0. The maximum atomic E-state index is 5.54. The zero-order valence-electron chi connectivity index (χ0n) is 11.5. The van der Waals surface area contributed by atoms with E-state index in [0.29, 0.717) is 0 Å².